The van der Waals surface area contributed by atoms with Crippen LogP contribution in [0.15, 0.2) is 0 Å². The fourth-order valence-electron chi connectivity index (χ4n) is 2.07. The standard InChI is InChI=1S/C12H26N2/c1-10(2)7-14-9-11(3,4)13-8-12(14,5)6/h10,13H,7-9H2,1-6H3. The van der Waals surface area contributed by atoms with Gasteiger partial charge < -0.3 is 5.32 Å². The highest BCUT2D eigenvalue weighted by Crippen LogP contribution is 2.24. The SMILES string of the molecule is CC(C)CN1CC(C)(C)NCC1(C)C. The van der Waals surface area contributed by atoms with Gasteiger partial charge in [-0.25, -0.2) is 0 Å². The highest BCUT2D eigenvalue weighted by atomic mass is 15.3. The van der Waals surface area contributed by atoms with Crippen molar-refractivity contribution in [1.82, 2.24) is 10.2 Å². The van der Waals surface area contributed by atoms with Gasteiger partial charge in [0.25, 0.3) is 0 Å². The Hall–Kier alpha value is -0.0800. The van der Waals surface area contributed by atoms with E-state index in [9.17, 15) is 0 Å². The van der Waals surface area contributed by atoms with Crippen LogP contribution in [0.1, 0.15) is 41.5 Å². The molecule has 2 nitrogen and oxygen atoms in total. The Bertz CT molecular complexity index is 194. The molecule has 2 heteroatoms. The van der Waals surface area contributed by atoms with Gasteiger partial charge in [-0.3, -0.25) is 4.90 Å². The van der Waals surface area contributed by atoms with E-state index < -0.39 is 0 Å². The molecule has 0 aromatic rings. The zero-order valence-corrected chi connectivity index (χ0v) is 10.6. The average Bonchev–Trinajstić information content (AvgIpc) is 1.97. The van der Waals surface area contributed by atoms with Crippen LogP contribution in [0.5, 0.6) is 0 Å². The third-order valence-corrected chi connectivity index (χ3v) is 3.03. The van der Waals surface area contributed by atoms with Crippen molar-refractivity contribution in [3.05, 3.63) is 0 Å². The average molecular weight is 198 g/mol. The maximum absolute atomic E-state index is 3.61. The molecule has 0 spiro atoms. The van der Waals surface area contributed by atoms with Crippen molar-refractivity contribution >= 4 is 0 Å². The van der Waals surface area contributed by atoms with Crippen molar-refractivity contribution in [1.29, 1.82) is 0 Å². The smallest absolute Gasteiger partial charge is 0.0278 e. The Kier molecular flexibility index (Phi) is 3.27. The van der Waals surface area contributed by atoms with Crippen LogP contribution in [0.3, 0.4) is 0 Å². The molecule has 1 saturated heterocycles. The molecule has 1 aliphatic rings. The molecule has 0 aromatic carbocycles. The normalized spacial score (nSPS) is 26.8. The van der Waals surface area contributed by atoms with Gasteiger partial charge in [0, 0.05) is 30.7 Å². The molecule has 1 rings (SSSR count). The van der Waals surface area contributed by atoms with E-state index in [2.05, 4.69) is 51.8 Å². The molecule has 0 saturated carbocycles. The Morgan fingerprint density at radius 2 is 1.79 bits per heavy atom. The lowest BCUT2D eigenvalue weighted by Crippen LogP contribution is -2.66. The largest absolute Gasteiger partial charge is 0.309 e. The van der Waals surface area contributed by atoms with E-state index in [0.29, 0.717) is 5.54 Å². The van der Waals surface area contributed by atoms with Gasteiger partial charge in [-0.2, -0.15) is 0 Å². The fourth-order valence-corrected chi connectivity index (χ4v) is 2.07. The van der Waals surface area contributed by atoms with Crippen LogP contribution in [0.2, 0.25) is 0 Å². The first kappa shape index (κ1) is 12.0. The molecule has 0 amide bonds. The number of rotatable bonds is 2. The number of nitrogens with one attached hydrogen (secondary N) is 1. The Morgan fingerprint density at radius 3 is 2.29 bits per heavy atom. The van der Waals surface area contributed by atoms with E-state index in [0.717, 1.165) is 19.0 Å². The van der Waals surface area contributed by atoms with Gasteiger partial charge in [-0.05, 0) is 33.6 Å². The maximum Gasteiger partial charge on any atom is 0.0278 e. The molecule has 84 valence electrons. The first-order chi connectivity index (χ1) is 6.23. The van der Waals surface area contributed by atoms with Crippen LogP contribution in [-0.4, -0.2) is 35.6 Å². The van der Waals surface area contributed by atoms with Crippen LogP contribution in [-0.2, 0) is 0 Å². The second-order valence-corrected chi connectivity index (χ2v) is 6.32. The first-order valence-corrected chi connectivity index (χ1v) is 5.73. The number of piperazine rings is 1. The summed E-state index contributed by atoms with van der Waals surface area (Å²) in [6.45, 7) is 17.3. The quantitative estimate of drug-likeness (QED) is 0.731. The Morgan fingerprint density at radius 1 is 1.21 bits per heavy atom. The van der Waals surface area contributed by atoms with E-state index in [1.807, 2.05) is 0 Å². The summed E-state index contributed by atoms with van der Waals surface area (Å²) in [5, 5.41) is 3.61. The van der Waals surface area contributed by atoms with Crippen LogP contribution >= 0.6 is 0 Å². The van der Waals surface area contributed by atoms with Crippen LogP contribution in [0.25, 0.3) is 0 Å². The number of nitrogens with zero attached hydrogens (tertiary/aromatic N) is 1. The molecule has 0 aromatic heterocycles. The molecule has 1 fully saturated rings. The summed E-state index contributed by atoms with van der Waals surface area (Å²) in [5.74, 6) is 0.753. The second kappa shape index (κ2) is 3.82. The second-order valence-electron chi connectivity index (χ2n) is 6.32. The predicted octanol–water partition coefficient (Wildman–Crippen LogP) is 2.10. The lowest BCUT2D eigenvalue weighted by atomic mass is 9.90. The summed E-state index contributed by atoms with van der Waals surface area (Å²) in [6.07, 6.45) is 0. The van der Waals surface area contributed by atoms with E-state index in [-0.39, 0.29) is 5.54 Å². The summed E-state index contributed by atoms with van der Waals surface area (Å²) in [7, 11) is 0. The zero-order valence-electron chi connectivity index (χ0n) is 10.6. The zero-order chi connectivity index (χ0) is 11.0. The summed E-state index contributed by atoms with van der Waals surface area (Å²) < 4.78 is 0. The van der Waals surface area contributed by atoms with Gasteiger partial charge in [0.1, 0.15) is 0 Å². The van der Waals surface area contributed by atoms with E-state index >= 15 is 0 Å². The van der Waals surface area contributed by atoms with Crippen molar-refractivity contribution in [2.45, 2.75) is 52.6 Å². The highest BCUT2D eigenvalue weighted by molar-refractivity contribution is 4.97. The van der Waals surface area contributed by atoms with Crippen molar-refractivity contribution in [2.75, 3.05) is 19.6 Å². The molecule has 0 bridgehead atoms. The maximum atomic E-state index is 3.61. The minimum atomic E-state index is 0.268. The van der Waals surface area contributed by atoms with Gasteiger partial charge in [-0.1, -0.05) is 13.8 Å². The monoisotopic (exact) mass is 198 g/mol. The highest BCUT2D eigenvalue weighted by Gasteiger charge is 2.37. The van der Waals surface area contributed by atoms with Crippen LogP contribution in [0.4, 0.5) is 0 Å². The van der Waals surface area contributed by atoms with Gasteiger partial charge in [0.15, 0.2) is 0 Å². The first-order valence-electron chi connectivity index (χ1n) is 5.73. The summed E-state index contributed by atoms with van der Waals surface area (Å²) in [4.78, 5) is 2.62. The topological polar surface area (TPSA) is 15.3 Å². The summed E-state index contributed by atoms with van der Waals surface area (Å²) in [5.41, 5.74) is 0.574. The molecule has 0 atom stereocenters. The predicted molar refractivity (Wildman–Crippen MR) is 62.6 cm³/mol. The van der Waals surface area contributed by atoms with Crippen LogP contribution < -0.4 is 5.32 Å². The molecule has 0 unspecified atom stereocenters. The fraction of sp³-hybridized carbons (Fsp3) is 1.00. The third-order valence-electron chi connectivity index (χ3n) is 3.03. The molecule has 1 N–H and O–H groups in total. The number of hydrogen-bond donors (Lipinski definition) is 1. The number of hydrogen-bond acceptors (Lipinski definition) is 2. The van der Waals surface area contributed by atoms with E-state index in [1.165, 1.54) is 6.54 Å². The van der Waals surface area contributed by atoms with Gasteiger partial charge >= 0.3 is 0 Å². The van der Waals surface area contributed by atoms with Crippen molar-refractivity contribution in [3.63, 3.8) is 0 Å². The third kappa shape index (κ3) is 2.96. The molecule has 14 heavy (non-hydrogen) atoms. The van der Waals surface area contributed by atoms with Crippen molar-refractivity contribution in [2.24, 2.45) is 5.92 Å². The lowest BCUT2D eigenvalue weighted by Gasteiger charge is -2.50. The molecule has 1 heterocycles. The van der Waals surface area contributed by atoms with Gasteiger partial charge in [0.05, 0.1) is 0 Å². The summed E-state index contributed by atoms with van der Waals surface area (Å²) in [6, 6.07) is 0. The van der Waals surface area contributed by atoms with Crippen molar-refractivity contribution < 1.29 is 0 Å². The van der Waals surface area contributed by atoms with E-state index in [1.54, 1.807) is 0 Å². The Labute approximate surface area is 89.1 Å². The molecular formula is C12H26N2. The minimum Gasteiger partial charge on any atom is -0.309 e. The molecular weight excluding hydrogens is 172 g/mol. The van der Waals surface area contributed by atoms with Crippen LogP contribution in [0, 0.1) is 5.92 Å². The molecule has 0 aliphatic carbocycles. The summed E-state index contributed by atoms with van der Waals surface area (Å²) >= 11 is 0. The molecule has 1 aliphatic heterocycles. The Balaban J connectivity index is 2.67. The van der Waals surface area contributed by atoms with Crippen molar-refractivity contribution in [3.8, 4) is 0 Å². The van der Waals surface area contributed by atoms with Gasteiger partial charge in [-0.15, -0.1) is 0 Å². The van der Waals surface area contributed by atoms with E-state index in [4.69, 9.17) is 0 Å². The van der Waals surface area contributed by atoms with Gasteiger partial charge in [0.2, 0.25) is 0 Å². The molecule has 0 radical (unpaired) electrons. The lowest BCUT2D eigenvalue weighted by molar-refractivity contribution is 0.0300. The minimum absolute atomic E-state index is 0.268.